The second-order valence-electron chi connectivity index (χ2n) is 3.58. The Morgan fingerprint density at radius 2 is 2.12 bits per heavy atom. The van der Waals surface area contributed by atoms with Gasteiger partial charge in [0.1, 0.15) is 5.75 Å². The van der Waals surface area contributed by atoms with E-state index in [0.29, 0.717) is 5.88 Å². The smallest absolute Gasteiger partial charge is 0.224 e. The molecule has 0 aliphatic carbocycles. The molecule has 5 nitrogen and oxygen atoms in total. The van der Waals surface area contributed by atoms with Gasteiger partial charge in [-0.2, -0.15) is 4.98 Å². The monoisotopic (exact) mass is 226 g/mol. The Labute approximate surface area is 97.3 Å². The minimum Gasteiger partial charge on any atom is -0.439 e. The SMILES string of the molecule is Nc1nccc(Oc2ccc3[nH]ccc3c2)n1. The number of ether oxygens (including phenoxy) is 1. The molecule has 1 aromatic carbocycles. The third-order valence-electron chi connectivity index (χ3n) is 2.40. The molecule has 5 heteroatoms. The van der Waals surface area contributed by atoms with Crippen molar-refractivity contribution in [1.82, 2.24) is 15.0 Å². The fraction of sp³-hybridized carbons (Fsp3) is 0. The summed E-state index contributed by atoms with van der Waals surface area (Å²) >= 11 is 0. The van der Waals surface area contributed by atoms with Crippen LogP contribution < -0.4 is 10.5 Å². The van der Waals surface area contributed by atoms with E-state index in [9.17, 15) is 0 Å². The number of nitrogens with zero attached hydrogens (tertiary/aromatic N) is 2. The zero-order chi connectivity index (χ0) is 11.7. The zero-order valence-electron chi connectivity index (χ0n) is 8.92. The molecule has 3 rings (SSSR count). The molecule has 0 amide bonds. The number of hydrogen-bond acceptors (Lipinski definition) is 4. The van der Waals surface area contributed by atoms with Crippen molar-refractivity contribution in [1.29, 1.82) is 0 Å². The van der Waals surface area contributed by atoms with E-state index in [4.69, 9.17) is 10.5 Å². The number of nitrogen functional groups attached to an aromatic ring is 1. The van der Waals surface area contributed by atoms with Crippen LogP contribution in [0.5, 0.6) is 11.6 Å². The predicted molar refractivity (Wildman–Crippen MR) is 64.8 cm³/mol. The molecule has 0 aliphatic rings. The molecular formula is C12H10N4O. The molecule has 0 unspecified atom stereocenters. The van der Waals surface area contributed by atoms with Gasteiger partial charge in [0.2, 0.25) is 11.8 Å². The fourth-order valence-corrected chi connectivity index (χ4v) is 1.63. The fourth-order valence-electron chi connectivity index (χ4n) is 1.63. The first-order valence-electron chi connectivity index (χ1n) is 5.15. The maximum atomic E-state index is 5.59. The molecule has 2 heterocycles. The summed E-state index contributed by atoms with van der Waals surface area (Å²) in [4.78, 5) is 10.9. The van der Waals surface area contributed by atoms with Crippen molar-refractivity contribution in [2.45, 2.75) is 0 Å². The van der Waals surface area contributed by atoms with Crippen molar-refractivity contribution >= 4 is 16.9 Å². The molecular weight excluding hydrogens is 216 g/mol. The van der Waals surface area contributed by atoms with E-state index in [1.165, 1.54) is 0 Å². The number of fused-ring (bicyclic) bond motifs is 1. The second kappa shape index (κ2) is 3.79. The molecule has 0 spiro atoms. The Bertz CT molecular complexity index is 662. The van der Waals surface area contributed by atoms with Crippen molar-refractivity contribution < 1.29 is 4.74 Å². The van der Waals surface area contributed by atoms with Gasteiger partial charge >= 0.3 is 0 Å². The van der Waals surface area contributed by atoms with Crippen LogP contribution in [0, 0.1) is 0 Å². The number of nitrogens with two attached hydrogens (primary N) is 1. The number of aromatic nitrogens is 3. The van der Waals surface area contributed by atoms with E-state index < -0.39 is 0 Å². The van der Waals surface area contributed by atoms with E-state index in [2.05, 4.69) is 15.0 Å². The molecule has 0 radical (unpaired) electrons. The molecule has 84 valence electrons. The van der Waals surface area contributed by atoms with Crippen molar-refractivity contribution in [3.63, 3.8) is 0 Å². The summed E-state index contributed by atoms with van der Waals surface area (Å²) in [5.74, 6) is 1.35. The Hall–Kier alpha value is -2.56. The first-order valence-corrected chi connectivity index (χ1v) is 5.15. The van der Waals surface area contributed by atoms with Crippen LogP contribution in [-0.4, -0.2) is 15.0 Å². The topological polar surface area (TPSA) is 76.8 Å². The van der Waals surface area contributed by atoms with Gasteiger partial charge in [0, 0.05) is 29.4 Å². The third kappa shape index (κ3) is 1.90. The highest BCUT2D eigenvalue weighted by Gasteiger charge is 2.01. The van der Waals surface area contributed by atoms with Crippen molar-refractivity contribution in [2.75, 3.05) is 5.73 Å². The molecule has 3 N–H and O–H groups in total. The lowest BCUT2D eigenvalue weighted by molar-refractivity contribution is 0.463. The Morgan fingerprint density at radius 3 is 3.00 bits per heavy atom. The zero-order valence-corrected chi connectivity index (χ0v) is 8.92. The first kappa shape index (κ1) is 9.65. The summed E-state index contributed by atoms with van der Waals surface area (Å²) in [6.45, 7) is 0. The number of aromatic amines is 1. The average molecular weight is 226 g/mol. The number of anilines is 1. The average Bonchev–Trinajstić information content (AvgIpc) is 2.76. The number of H-pyrrole nitrogens is 1. The highest BCUT2D eigenvalue weighted by molar-refractivity contribution is 5.80. The first-order chi connectivity index (χ1) is 8.31. The van der Waals surface area contributed by atoms with Gasteiger partial charge in [-0.05, 0) is 24.3 Å². The quantitative estimate of drug-likeness (QED) is 0.703. The molecule has 0 fully saturated rings. The highest BCUT2D eigenvalue weighted by atomic mass is 16.5. The minimum absolute atomic E-state index is 0.199. The molecule has 0 bridgehead atoms. The van der Waals surface area contributed by atoms with Crippen molar-refractivity contribution in [3.05, 3.63) is 42.7 Å². The largest absolute Gasteiger partial charge is 0.439 e. The third-order valence-corrected chi connectivity index (χ3v) is 2.40. The van der Waals surface area contributed by atoms with Crippen LogP contribution in [0.25, 0.3) is 10.9 Å². The lowest BCUT2D eigenvalue weighted by atomic mass is 10.2. The number of benzene rings is 1. The molecule has 0 aliphatic heterocycles. The van der Waals surface area contributed by atoms with Gasteiger partial charge in [0.15, 0.2) is 0 Å². The molecule has 0 saturated heterocycles. The van der Waals surface area contributed by atoms with Crippen molar-refractivity contribution in [2.24, 2.45) is 0 Å². The van der Waals surface area contributed by atoms with Crippen LogP contribution in [0.1, 0.15) is 0 Å². The lowest BCUT2D eigenvalue weighted by Gasteiger charge is -2.04. The van der Waals surface area contributed by atoms with Crippen molar-refractivity contribution in [3.8, 4) is 11.6 Å². The van der Waals surface area contributed by atoms with Gasteiger partial charge in [-0.15, -0.1) is 0 Å². The van der Waals surface area contributed by atoms with Gasteiger partial charge in [-0.25, -0.2) is 4.98 Å². The van der Waals surface area contributed by atoms with E-state index in [0.717, 1.165) is 16.7 Å². The summed E-state index contributed by atoms with van der Waals surface area (Å²) in [7, 11) is 0. The standard InChI is InChI=1S/C12H10N4O/c13-12-15-6-4-11(16-12)17-9-1-2-10-8(7-9)3-5-14-10/h1-7,14H,(H2,13,15,16). The van der Waals surface area contributed by atoms with Gasteiger partial charge in [-0.3, -0.25) is 0 Å². The Kier molecular flexibility index (Phi) is 2.15. The lowest BCUT2D eigenvalue weighted by Crippen LogP contribution is -1.95. The van der Waals surface area contributed by atoms with Gasteiger partial charge in [0.25, 0.3) is 0 Å². The minimum atomic E-state index is 0.199. The van der Waals surface area contributed by atoms with Crippen LogP contribution in [0.2, 0.25) is 0 Å². The normalized spacial score (nSPS) is 10.6. The maximum Gasteiger partial charge on any atom is 0.224 e. The number of nitrogens with one attached hydrogen (secondary N) is 1. The van der Waals surface area contributed by atoms with Crippen LogP contribution in [0.3, 0.4) is 0 Å². The summed E-state index contributed by atoms with van der Waals surface area (Å²) in [6.07, 6.45) is 3.45. The highest BCUT2D eigenvalue weighted by Crippen LogP contribution is 2.23. The Morgan fingerprint density at radius 1 is 1.18 bits per heavy atom. The summed E-state index contributed by atoms with van der Waals surface area (Å²) in [5.41, 5.74) is 6.55. The van der Waals surface area contributed by atoms with Gasteiger partial charge in [0.05, 0.1) is 0 Å². The van der Waals surface area contributed by atoms with E-state index in [1.54, 1.807) is 12.3 Å². The molecule has 17 heavy (non-hydrogen) atoms. The van der Waals surface area contributed by atoms with Crippen LogP contribution in [-0.2, 0) is 0 Å². The summed E-state index contributed by atoms with van der Waals surface area (Å²) in [5, 5.41) is 1.09. The van der Waals surface area contributed by atoms with Crippen LogP contribution >= 0.6 is 0 Å². The van der Waals surface area contributed by atoms with Crippen LogP contribution in [0.4, 0.5) is 5.95 Å². The van der Waals surface area contributed by atoms with Crippen LogP contribution in [0.15, 0.2) is 42.7 Å². The molecule has 0 atom stereocenters. The van der Waals surface area contributed by atoms with Gasteiger partial charge in [-0.1, -0.05) is 0 Å². The molecule has 3 aromatic rings. The van der Waals surface area contributed by atoms with Gasteiger partial charge < -0.3 is 15.5 Å². The van der Waals surface area contributed by atoms with E-state index in [-0.39, 0.29) is 5.95 Å². The van der Waals surface area contributed by atoms with E-state index >= 15 is 0 Å². The number of rotatable bonds is 2. The maximum absolute atomic E-state index is 5.59. The predicted octanol–water partition coefficient (Wildman–Crippen LogP) is 2.33. The molecule has 2 aromatic heterocycles. The second-order valence-corrected chi connectivity index (χ2v) is 3.58. The molecule has 0 saturated carbocycles. The summed E-state index contributed by atoms with van der Waals surface area (Å²) in [6, 6.07) is 9.41. The van der Waals surface area contributed by atoms with E-state index in [1.807, 2.05) is 30.5 Å². The Balaban J connectivity index is 1.94. The number of hydrogen-bond donors (Lipinski definition) is 2. The summed E-state index contributed by atoms with van der Waals surface area (Å²) < 4.78 is 5.59.